The van der Waals surface area contributed by atoms with Crippen molar-refractivity contribution in [2.75, 3.05) is 0 Å². The SMILES string of the molecule is N#Cc1cccc(Cn2c(-c3ccccc3)c(C3CCCCC3)c3ccc(C(=O)O)cc32)c1. The molecule has 0 unspecified atom stereocenters. The van der Waals surface area contributed by atoms with E-state index in [1.165, 1.54) is 30.5 Å². The summed E-state index contributed by atoms with van der Waals surface area (Å²) in [5.74, 6) is -0.463. The van der Waals surface area contributed by atoms with Crippen molar-refractivity contribution in [1.82, 2.24) is 4.57 Å². The van der Waals surface area contributed by atoms with Crippen LogP contribution in [0.1, 0.15) is 65.1 Å². The van der Waals surface area contributed by atoms with Gasteiger partial charge in [-0.15, -0.1) is 0 Å². The predicted octanol–water partition coefficient (Wildman–Crippen LogP) is 6.97. The number of hydrogen-bond acceptors (Lipinski definition) is 2. The number of aromatic carboxylic acids is 1. The molecule has 164 valence electrons. The summed E-state index contributed by atoms with van der Waals surface area (Å²) >= 11 is 0. The van der Waals surface area contributed by atoms with Crippen molar-refractivity contribution in [2.24, 2.45) is 0 Å². The van der Waals surface area contributed by atoms with Crippen LogP contribution in [0.15, 0.2) is 72.8 Å². The lowest BCUT2D eigenvalue weighted by Gasteiger charge is -2.24. The third kappa shape index (κ3) is 4.03. The predicted molar refractivity (Wildman–Crippen MR) is 130 cm³/mol. The second-order valence-corrected chi connectivity index (χ2v) is 8.90. The summed E-state index contributed by atoms with van der Waals surface area (Å²) in [5, 5.41) is 20.2. The minimum Gasteiger partial charge on any atom is -0.478 e. The van der Waals surface area contributed by atoms with Crippen LogP contribution in [0.3, 0.4) is 0 Å². The Balaban J connectivity index is 1.80. The van der Waals surface area contributed by atoms with E-state index in [1.54, 1.807) is 6.07 Å². The number of nitrogens with zero attached hydrogens (tertiary/aromatic N) is 2. The molecule has 0 saturated heterocycles. The van der Waals surface area contributed by atoms with Crippen LogP contribution >= 0.6 is 0 Å². The van der Waals surface area contributed by atoms with Gasteiger partial charge in [-0.2, -0.15) is 5.26 Å². The van der Waals surface area contributed by atoms with Crippen LogP contribution in [-0.2, 0) is 6.54 Å². The lowest BCUT2D eigenvalue weighted by molar-refractivity contribution is 0.0697. The van der Waals surface area contributed by atoms with E-state index < -0.39 is 5.97 Å². The van der Waals surface area contributed by atoms with E-state index in [0.717, 1.165) is 34.9 Å². The Morgan fingerprint density at radius 1 is 0.970 bits per heavy atom. The molecule has 1 N–H and O–H groups in total. The van der Waals surface area contributed by atoms with Gasteiger partial charge in [0.05, 0.1) is 22.9 Å². The van der Waals surface area contributed by atoms with Gasteiger partial charge in [0, 0.05) is 17.4 Å². The van der Waals surface area contributed by atoms with E-state index in [-0.39, 0.29) is 0 Å². The van der Waals surface area contributed by atoms with Crippen molar-refractivity contribution in [3.8, 4) is 17.3 Å². The van der Waals surface area contributed by atoms with Gasteiger partial charge >= 0.3 is 5.97 Å². The molecule has 0 atom stereocenters. The first-order chi connectivity index (χ1) is 16.2. The summed E-state index contributed by atoms with van der Waals surface area (Å²) in [6.07, 6.45) is 6.04. The molecule has 1 aliphatic carbocycles. The van der Waals surface area contributed by atoms with E-state index in [0.29, 0.717) is 23.6 Å². The average Bonchev–Trinajstić information content (AvgIpc) is 3.18. The summed E-state index contributed by atoms with van der Waals surface area (Å²) in [6, 6.07) is 25.9. The number of carboxylic acids is 1. The largest absolute Gasteiger partial charge is 0.478 e. The third-order valence-electron chi connectivity index (χ3n) is 6.81. The van der Waals surface area contributed by atoms with E-state index in [9.17, 15) is 15.2 Å². The van der Waals surface area contributed by atoms with Crippen molar-refractivity contribution in [1.29, 1.82) is 5.26 Å². The number of fused-ring (bicyclic) bond motifs is 1. The zero-order valence-electron chi connectivity index (χ0n) is 18.5. The van der Waals surface area contributed by atoms with Crippen molar-refractivity contribution in [3.63, 3.8) is 0 Å². The Morgan fingerprint density at radius 2 is 1.76 bits per heavy atom. The Bertz CT molecular complexity index is 1360. The average molecular weight is 435 g/mol. The van der Waals surface area contributed by atoms with Crippen LogP contribution in [-0.4, -0.2) is 15.6 Å². The molecular weight excluding hydrogens is 408 g/mol. The van der Waals surface area contributed by atoms with Gasteiger partial charge < -0.3 is 9.67 Å². The number of carboxylic acid groups (broad SMARTS) is 1. The second kappa shape index (κ2) is 8.96. The normalized spacial score (nSPS) is 14.3. The summed E-state index contributed by atoms with van der Waals surface area (Å²) in [4.78, 5) is 11.8. The van der Waals surface area contributed by atoms with Gasteiger partial charge in [0.1, 0.15) is 0 Å². The van der Waals surface area contributed by atoms with Crippen LogP contribution in [0.4, 0.5) is 0 Å². The quantitative estimate of drug-likeness (QED) is 0.369. The van der Waals surface area contributed by atoms with Gasteiger partial charge in [0.15, 0.2) is 0 Å². The number of rotatable bonds is 5. The maximum atomic E-state index is 11.8. The number of carbonyl (C=O) groups is 1. The zero-order chi connectivity index (χ0) is 22.8. The van der Waals surface area contributed by atoms with Crippen molar-refractivity contribution in [3.05, 3.63) is 95.1 Å². The highest BCUT2D eigenvalue weighted by Gasteiger charge is 2.27. The van der Waals surface area contributed by atoms with Crippen molar-refractivity contribution >= 4 is 16.9 Å². The third-order valence-corrected chi connectivity index (χ3v) is 6.81. The van der Waals surface area contributed by atoms with E-state index in [4.69, 9.17) is 0 Å². The lowest BCUT2D eigenvalue weighted by Crippen LogP contribution is -2.08. The van der Waals surface area contributed by atoms with Crippen molar-refractivity contribution in [2.45, 2.75) is 44.6 Å². The summed E-state index contributed by atoms with van der Waals surface area (Å²) in [6.45, 7) is 0.575. The molecule has 3 aromatic carbocycles. The molecule has 0 amide bonds. The second-order valence-electron chi connectivity index (χ2n) is 8.90. The first-order valence-electron chi connectivity index (χ1n) is 11.6. The summed E-state index contributed by atoms with van der Waals surface area (Å²) in [7, 11) is 0. The fourth-order valence-electron chi connectivity index (χ4n) is 5.31. The Morgan fingerprint density at radius 3 is 2.48 bits per heavy atom. The Hall–Kier alpha value is -3.84. The lowest BCUT2D eigenvalue weighted by atomic mass is 9.82. The highest BCUT2D eigenvalue weighted by Crippen LogP contribution is 2.44. The maximum absolute atomic E-state index is 11.8. The number of benzene rings is 3. The first kappa shape index (κ1) is 21.0. The van der Waals surface area contributed by atoms with Crippen molar-refractivity contribution < 1.29 is 9.90 Å². The smallest absolute Gasteiger partial charge is 0.335 e. The van der Waals surface area contributed by atoms with Crippen LogP contribution in [0, 0.1) is 11.3 Å². The Kier molecular flexibility index (Phi) is 5.71. The molecular formula is C29H26N2O2. The molecule has 0 bridgehead atoms. The van der Waals surface area contributed by atoms with Gasteiger partial charge in [0.2, 0.25) is 0 Å². The number of hydrogen-bond donors (Lipinski definition) is 1. The van der Waals surface area contributed by atoms with Crippen LogP contribution in [0.25, 0.3) is 22.2 Å². The molecule has 4 heteroatoms. The zero-order valence-corrected chi connectivity index (χ0v) is 18.5. The summed E-state index contributed by atoms with van der Waals surface area (Å²) < 4.78 is 2.26. The minimum absolute atomic E-state index is 0.293. The highest BCUT2D eigenvalue weighted by atomic mass is 16.4. The van der Waals surface area contributed by atoms with E-state index in [2.05, 4.69) is 34.9 Å². The van der Waals surface area contributed by atoms with E-state index in [1.807, 2.05) is 42.5 Å². The first-order valence-corrected chi connectivity index (χ1v) is 11.6. The molecule has 4 aromatic rings. The van der Waals surface area contributed by atoms with Crippen LogP contribution in [0.2, 0.25) is 0 Å². The van der Waals surface area contributed by atoms with Gasteiger partial charge in [-0.1, -0.05) is 67.8 Å². The molecule has 1 aliphatic rings. The van der Waals surface area contributed by atoms with Crippen LogP contribution < -0.4 is 0 Å². The molecule has 1 saturated carbocycles. The molecule has 5 rings (SSSR count). The molecule has 4 nitrogen and oxygen atoms in total. The highest BCUT2D eigenvalue weighted by molar-refractivity contribution is 5.98. The van der Waals surface area contributed by atoms with Gasteiger partial charge in [0.25, 0.3) is 0 Å². The topological polar surface area (TPSA) is 66.0 Å². The molecule has 1 heterocycles. The standard InChI is InChI=1S/C29H26N2O2/c30-18-20-8-7-9-21(16-20)19-31-26-17-24(29(32)33)14-15-25(26)27(22-10-3-1-4-11-22)28(31)23-12-5-2-6-13-23/h2,5-9,12-17,22H,1,3-4,10-11,19H2,(H,32,33). The van der Waals surface area contributed by atoms with Crippen LogP contribution in [0.5, 0.6) is 0 Å². The monoisotopic (exact) mass is 434 g/mol. The Labute approximate surface area is 193 Å². The van der Waals surface area contributed by atoms with Gasteiger partial charge in [-0.25, -0.2) is 4.79 Å². The molecule has 0 spiro atoms. The molecule has 0 radical (unpaired) electrons. The summed E-state index contributed by atoms with van der Waals surface area (Å²) in [5.41, 5.74) is 6.54. The molecule has 1 aromatic heterocycles. The molecule has 1 fully saturated rings. The maximum Gasteiger partial charge on any atom is 0.335 e. The molecule has 33 heavy (non-hydrogen) atoms. The molecule has 0 aliphatic heterocycles. The fraction of sp³-hybridized carbons (Fsp3) is 0.241. The number of nitriles is 1. The fourth-order valence-corrected chi connectivity index (χ4v) is 5.31. The minimum atomic E-state index is -0.920. The van der Waals surface area contributed by atoms with Gasteiger partial charge in [-0.3, -0.25) is 0 Å². The van der Waals surface area contributed by atoms with E-state index >= 15 is 0 Å². The number of aromatic nitrogens is 1. The van der Waals surface area contributed by atoms with Gasteiger partial charge in [-0.05, 0) is 59.7 Å².